The van der Waals surface area contributed by atoms with Gasteiger partial charge in [-0.2, -0.15) is 0 Å². The van der Waals surface area contributed by atoms with E-state index in [1.165, 1.54) is 12.0 Å². The summed E-state index contributed by atoms with van der Waals surface area (Å²) in [5.74, 6) is -0.312. The quantitative estimate of drug-likeness (QED) is 0.723. The molecular formula is C16H18BrNO2S. The number of halogens is 1. The average Bonchev–Trinajstić information content (AvgIpc) is 2.99. The Morgan fingerprint density at radius 3 is 2.81 bits per heavy atom. The van der Waals surface area contributed by atoms with Crippen LogP contribution in [0.15, 0.2) is 40.2 Å². The summed E-state index contributed by atoms with van der Waals surface area (Å²) in [5.41, 5.74) is 1.73. The van der Waals surface area contributed by atoms with Crippen molar-refractivity contribution in [3.05, 3.63) is 56.2 Å². The fourth-order valence-corrected chi connectivity index (χ4v) is 3.25. The molecule has 112 valence electrons. The van der Waals surface area contributed by atoms with Crippen LogP contribution in [0.4, 0.5) is 0 Å². The minimum atomic E-state index is -0.312. The number of thiophene rings is 1. The highest BCUT2D eigenvalue weighted by Gasteiger charge is 2.10. The predicted octanol–water partition coefficient (Wildman–Crippen LogP) is 3.97. The van der Waals surface area contributed by atoms with E-state index in [2.05, 4.69) is 45.4 Å². The van der Waals surface area contributed by atoms with Gasteiger partial charge in [0.25, 0.3) is 0 Å². The van der Waals surface area contributed by atoms with Crippen LogP contribution in [0.3, 0.4) is 0 Å². The Hall–Kier alpha value is -1.17. The summed E-state index contributed by atoms with van der Waals surface area (Å²) < 4.78 is 5.66. The van der Waals surface area contributed by atoms with Crippen molar-refractivity contribution >= 4 is 33.2 Å². The number of carbonyl (C=O) groups excluding carboxylic acids is 1. The van der Waals surface area contributed by atoms with Crippen molar-refractivity contribution in [3.8, 4) is 0 Å². The van der Waals surface area contributed by atoms with Crippen molar-refractivity contribution in [1.29, 1.82) is 0 Å². The summed E-state index contributed by atoms with van der Waals surface area (Å²) in [6.45, 7) is 1.85. The Kier molecular flexibility index (Phi) is 5.96. The van der Waals surface area contributed by atoms with Crippen LogP contribution in [0.5, 0.6) is 0 Å². The van der Waals surface area contributed by atoms with Crippen molar-refractivity contribution in [3.63, 3.8) is 0 Å². The number of nitrogens with zero attached hydrogens (tertiary/aromatic N) is 1. The lowest BCUT2D eigenvalue weighted by molar-refractivity contribution is 0.0600. The van der Waals surface area contributed by atoms with Gasteiger partial charge in [0.1, 0.15) is 0 Å². The second-order valence-electron chi connectivity index (χ2n) is 4.86. The van der Waals surface area contributed by atoms with E-state index >= 15 is 0 Å². The lowest BCUT2D eigenvalue weighted by Crippen LogP contribution is -2.20. The molecule has 3 nitrogen and oxygen atoms in total. The number of hydrogen-bond donors (Lipinski definition) is 0. The second-order valence-corrected chi connectivity index (χ2v) is 6.75. The first-order chi connectivity index (χ1) is 10.1. The molecule has 0 aliphatic carbocycles. The van der Waals surface area contributed by atoms with E-state index < -0.39 is 0 Å². The van der Waals surface area contributed by atoms with Gasteiger partial charge in [-0.15, -0.1) is 11.3 Å². The molecule has 0 N–H and O–H groups in total. The Morgan fingerprint density at radius 1 is 1.38 bits per heavy atom. The first-order valence-electron chi connectivity index (χ1n) is 6.68. The molecule has 0 bridgehead atoms. The van der Waals surface area contributed by atoms with Gasteiger partial charge < -0.3 is 9.64 Å². The van der Waals surface area contributed by atoms with Crippen LogP contribution in [0, 0.1) is 0 Å². The third kappa shape index (κ3) is 4.66. The Labute approximate surface area is 137 Å². The van der Waals surface area contributed by atoms with Crippen molar-refractivity contribution in [2.45, 2.75) is 13.0 Å². The fraction of sp³-hybridized carbons (Fsp3) is 0.312. The van der Waals surface area contributed by atoms with E-state index in [9.17, 15) is 4.79 Å². The number of methoxy groups -OCH3 is 1. The zero-order chi connectivity index (χ0) is 15.2. The lowest BCUT2D eigenvalue weighted by atomic mass is 10.1. The molecule has 21 heavy (non-hydrogen) atoms. The molecule has 0 unspecified atom stereocenters. The molecule has 1 aromatic carbocycles. The smallest absolute Gasteiger partial charge is 0.337 e. The maximum Gasteiger partial charge on any atom is 0.337 e. The number of esters is 1. The van der Waals surface area contributed by atoms with Crippen molar-refractivity contribution in [2.75, 3.05) is 20.7 Å². The van der Waals surface area contributed by atoms with Crippen LogP contribution in [0.25, 0.3) is 0 Å². The van der Waals surface area contributed by atoms with E-state index in [0.717, 1.165) is 29.5 Å². The van der Waals surface area contributed by atoms with Crippen molar-refractivity contribution < 1.29 is 9.53 Å². The molecule has 0 saturated carbocycles. The molecule has 0 spiro atoms. The van der Waals surface area contributed by atoms with E-state index in [1.54, 1.807) is 17.4 Å². The number of rotatable bonds is 6. The minimum absolute atomic E-state index is 0.312. The molecule has 1 heterocycles. The van der Waals surface area contributed by atoms with Gasteiger partial charge in [0.05, 0.1) is 12.7 Å². The normalized spacial score (nSPS) is 10.9. The zero-order valence-corrected chi connectivity index (χ0v) is 14.5. The fourth-order valence-electron chi connectivity index (χ4n) is 2.05. The highest BCUT2D eigenvalue weighted by molar-refractivity contribution is 9.10. The zero-order valence-electron chi connectivity index (χ0n) is 12.1. The molecule has 0 fully saturated rings. The number of carbonyl (C=O) groups is 1. The molecule has 2 aromatic rings. The number of likely N-dealkylation sites (N-methyl/N-ethyl adjacent to an activating group) is 1. The summed E-state index contributed by atoms with van der Waals surface area (Å²) in [5, 5.41) is 2.11. The monoisotopic (exact) mass is 367 g/mol. The Morgan fingerprint density at radius 2 is 2.19 bits per heavy atom. The lowest BCUT2D eigenvalue weighted by Gasteiger charge is -2.17. The molecule has 0 aliphatic heterocycles. The Balaban J connectivity index is 1.94. The third-order valence-corrected chi connectivity index (χ3v) is 4.91. The minimum Gasteiger partial charge on any atom is -0.465 e. The third-order valence-electron chi connectivity index (χ3n) is 3.23. The van der Waals surface area contributed by atoms with Crippen LogP contribution < -0.4 is 0 Å². The maximum atomic E-state index is 11.5. The van der Waals surface area contributed by atoms with Gasteiger partial charge in [-0.25, -0.2) is 4.79 Å². The summed E-state index contributed by atoms with van der Waals surface area (Å²) in [6, 6.07) is 9.84. The maximum absolute atomic E-state index is 11.5. The molecule has 0 saturated heterocycles. The van der Waals surface area contributed by atoms with Crippen LogP contribution in [-0.4, -0.2) is 31.6 Å². The topological polar surface area (TPSA) is 29.5 Å². The van der Waals surface area contributed by atoms with Gasteiger partial charge >= 0.3 is 5.97 Å². The van der Waals surface area contributed by atoms with E-state index in [0.29, 0.717) is 5.56 Å². The van der Waals surface area contributed by atoms with E-state index in [-0.39, 0.29) is 5.97 Å². The molecular weight excluding hydrogens is 350 g/mol. The molecule has 2 rings (SSSR count). The van der Waals surface area contributed by atoms with Gasteiger partial charge in [0.15, 0.2) is 0 Å². The highest BCUT2D eigenvalue weighted by Crippen LogP contribution is 2.21. The van der Waals surface area contributed by atoms with Gasteiger partial charge in [0, 0.05) is 22.4 Å². The van der Waals surface area contributed by atoms with Gasteiger partial charge in [-0.3, -0.25) is 0 Å². The first kappa shape index (κ1) is 16.2. The largest absolute Gasteiger partial charge is 0.465 e. The average molecular weight is 368 g/mol. The molecule has 0 aliphatic rings. The van der Waals surface area contributed by atoms with E-state index in [4.69, 9.17) is 4.74 Å². The summed E-state index contributed by atoms with van der Waals surface area (Å²) in [4.78, 5) is 15.2. The summed E-state index contributed by atoms with van der Waals surface area (Å²) in [6.07, 6.45) is 1.06. The standard InChI is InChI=1S/C16H18BrNO2S/c1-18(8-7-14-4-3-9-21-14)11-13-6-5-12(10-15(13)17)16(19)20-2/h3-6,9-10H,7-8,11H2,1-2H3. The van der Waals surface area contributed by atoms with Crippen LogP contribution in [0.2, 0.25) is 0 Å². The summed E-state index contributed by atoms with van der Waals surface area (Å²) in [7, 11) is 3.50. The number of hydrogen-bond acceptors (Lipinski definition) is 4. The van der Waals surface area contributed by atoms with Gasteiger partial charge in [-0.05, 0) is 42.6 Å². The molecule has 0 radical (unpaired) electrons. The SMILES string of the molecule is COC(=O)c1ccc(CN(C)CCc2cccs2)c(Br)c1. The van der Waals surface area contributed by atoms with Crippen molar-refractivity contribution in [2.24, 2.45) is 0 Å². The number of benzene rings is 1. The highest BCUT2D eigenvalue weighted by atomic mass is 79.9. The van der Waals surface area contributed by atoms with Crippen molar-refractivity contribution in [1.82, 2.24) is 4.90 Å². The molecule has 0 atom stereocenters. The summed E-state index contributed by atoms with van der Waals surface area (Å²) >= 11 is 5.33. The van der Waals surface area contributed by atoms with E-state index in [1.807, 2.05) is 12.1 Å². The first-order valence-corrected chi connectivity index (χ1v) is 8.35. The predicted molar refractivity (Wildman–Crippen MR) is 89.8 cm³/mol. The number of ether oxygens (including phenoxy) is 1. The second kappa shape index (κ2) is 7.73. The van der Waals surface area contributed by atoms with Gasteiger partial charge in [0.2, 0.25) is 0 Å². The van der Waals surface area contributed by atoms with Crippen LogP contribution in [-0.2, 0) is 17.7 Å². The van der Waals surface area contributed by atoms with Crippen LogP contribution >= 0.6 is 27.3 Å². The van der Waals surface area contributed by atoms with Gasteiger partial charge in [-0.1, -0.05) is 28.1 Å². The van der Waals surface area contributed by atoms with Crippen LogP contribution in [0.1, 0.15) is 20.8 Å². The molecule has 0 amide bonds. The Bertz CT molecular complexity index is 598. The molecule has 1 aromatic heterocycles. The molecule has 5 heteroatoms.